The van der Waals surface area contributed by atoms with Gasteiger partial charge >= 0.3 is 0 Å². The minimum Gasteiger partial charge on any atom is -0.458 e. The quantitative estimate of drug-likeness (QED) is 0.675. The Morgan fingerprint density at radius 3 is 2.74 bits per heavy atom. The van der Waals surface area contributed by atoms with Gasteiger partial charge in [0.2, 0.25) is 5.78 Å². The zero-order valence-electron chi connectivity index (χ0n) is 10.9. The number of nitrogens with zero attached hydrogens (tertiary/aromatic N) is 2. The van der Waals surface area contributed by atoms with Crippen LogP contribution in [0.2, 0.25) is 0 Å². The number of hydrogen-bond donors (Lipinski definition) is 0. The second-order valence-electron chi connectivity index (χ2n) is 4.59. The van der Waals surface area contributed by atoms with Crippen molar-refractivity contribution in [2.75, 3.05) is 0 Å². The van der Waals surface area contributed by atoms with Crippen molar-refractivity contribution in [1.29, 1.82) is 0 Å². The second kappa shape index (κ2) is 4.39. The fourth-order valence-corrected chi connectivity index (χ4v) is 2.17. The lowest BCUT2D eigenvalue weighted by Gasteiger charge is -2.00. The van der Waals surface area contributed by atoms with E-state index in [-0.39, 0.29) is 12.2 Å². The summed E-state index contributed by atoms with van der Waals surface area (Å²) in [6, 6.07) is 11.3. The first-order valence-corrected chi connectivity index (χ1v) is 6.15. The van der Waals surface area contributed by atoms with Gasteiger partial charge in [0, 0.05) is 7.05 Å². The van der Waals surface area contributed by atoms with Crippen molar-refractivity contribution in [3.63, 3.8) is 0 Å². The van der Waals surface area contributed by atoms with Crippen molar-refractivity contribution in [1.82, 2.24) is 9.55 Å². The highest BCUT2D eigenvalue weighted by Crippen LogP contribution is 2.16. The average Bonchev–Trinajstić information content (AvgIpc) is 2.96. The predicted molar refractivity (Wildman–Crippen MR) is 72.2 cm³/mol. The average molecular weight is 254 g/mol. The molecule has 0 N–H and O–H groups in total. The van der Waals surface area contributed by atoms with Gasteiger partial charge < -0.3 is 8.98 Å². The van der Waals surface area contributed by atoms with E-state index in [9.17, 15) is 4.79 Å². The summed E-state index contributed by atoms with van der Waals surface area (Å²) < 4.78 is 7.29. The molecule has 3 aromatic rings. The van der Waals surface area contributed by atoms with Crippen LogP contribution in [0.5, 0.6) is 0 Å². The number of furan rings is 1. The van der Waals surface area contributed by atoms with Crippen LogP contribution in [0.25, 0.3) is 11.0 Å². The highest BCUT2D eigenvalue weighted by molar-refractivity contribution is 5.95. The van der Waals surface area contributed by atoms with E-state index in [0.29, 0.717) is 5.76 Å². The van der Waals surface area contributed by atoms with Crippen LogP contribution in [-0.4, -0.2) is 15.3 Å². The fraction of sp³-hybridized carbons (Fsp3) is 0.200. The van der Waals surface area contributed by atoms with E-state index >= 15 is 0 Å². The number of para-hydroxylation sites is 2. The molecule has 0 aliphatic carbocycles. The molecule has 0 saturated heterocycles. The second-order valence-corrected chi connectivity index (χ2v) is 4.59. The number of benzene rings is 1. The van der Waals surface area contributed by atoms with Gasteiger partial charge in [-0.15, -0.1) is 0 Å². The number of carbonyl (C=O) groups excluding carboxylic acids is 1. The number of ketones is 1. The molecule has 19 heavy (non-hydrogen) atoms. The standard InChI is InChI=1S/C15H14N2O2/c1-10-7-8-14(19-10)13(18)9-15-16-11-5-3-4-6-12(11)17(15)2/h3-8H,9H2,1-2H3. The van der Waals surface area contributed by atoms with Gasteiger partial charge in [-0.05, 0) is 31.2 Å². The van der Waals surface area contributed by atoms with Crippen molar-refractivity contribution >= 4 is 16.8 Å². The summed E-state index contributed by atoms with van der Waals surface area (Å²) in [6.45, 7) is 1.83. The molecule has 0 aliphatic heterocycles. The Bertz CT molecular complexity index is 752. The molecule has 0 saturated carbocycles. The van der Waals surface area contributed by atoms with E-state index in [0.717, 1.165) is 22.6 Å². The number of aryl methyl sites for hydroxylation is 2. The molecule has 4 nitrogen and oxygen atoms in total. The molecule has 0 amide bonds. The summed E-state index contributed by atoms with van der Waals surface area (Å²) >= 11 is 0. The van der Waals surface area contributed by atoms with Gasteiger partial charge in [0.1, 0.15) is 11.6 Å². The van der Waals surface area contributed by atoms with Crippen LogP contribution < -0.4 is 0 Å². The third kappa shape index (κ3) is 2.05. The zero-order valence-corrected chi connectivity index (χ0v) is 10.9. The summed E-state index contributed by atoms with van der Waals surface area (Å²) in [5, 5.41) is 0. The number of Topliss-reactive ketones (excluding diaryl/α,β-unsaturated/α-hetero) is 1. The molecule has 2 heterocycles. The van der Waals surface area contributed by atoms with Gasteiger partial charge in [-0.1, -0.05) is 12.1 Å². The van der Waals surface area contributed by atoms with Gasteiger partial charge in [-0.25, -0.2) is 4.98 Å². The lowest BCUT2D eigenvalue weighted by atomic mass is 10.2. The summed E-state index contributed by atoms with van der Waals surface area (Å²) in [5.74, 6) is 1.84. The molecule has 0 atom stereocenters. The van der Waals surface area contributed by atoms with Crippen LogP contribution in [0, 0.1) is 6.92 Å². The number of fused-ring (bicyclic) bond motifs is 1. The predicted octanol–water partition coefficient (Wildman–Crippen LogP) is 2.90. The smallest absolute Gasteiger partial charge is 0.205 e. The summed E-state index contributed by atoms with van der Waals surface area (Å²) in [4.78, 5) is 16.6. The van der Waals surface area contributed by atoms with Crippen molar-refractivity contribution in [3.8, 4) is 0 Å². The van der Waals surface area contributed by atoms with E-state index in [2.05, 4.69) is 4.98 Å². The first kappa shape index (κ1) is 11.7. The van der Waals surface area contributed by atoms with E-state index in [1.807, 2.05) is 42.8 Å². The number of rotatable bonds is 3. The molecule has 0 fully saturated rings. The van der Waals surface area contributed by atoms with Crippen LogP contribution in [0.4, 0.5) is 0 Å². The summed E-state index contributed by atoms with van der Waals surface area (Å²) in [7, 11) is 1.92. The van der Waals surface area contributed by atoms with E-state index in [1.54, 1.807) is 12.1 Å². The Kier molecular flexibility index (Phi) is 2.71. The van der Waals surface area contributed by atoms with Gasteiger partial charge in [0.15, 0.2) is 5.76 Å². The SMILES string of the molecule is Cc1ccc(C(=O)Cc2nc3ccccc3n2C)o1. The monoisotopic (exact) mass is 254 g/mol. The van der Waals surface area contributed by atoms with Crippen LogP contribution in [0.15, 0.2) is 40.8 Å². The molecule has 0 bridgehead atoms. The molecule has 3 rings (SSSR count). The molecule has 0 aliphatic rings. The van der Waals surface area contributed by atoms with Crippen LogP contribution in [0.1, 0.15) is 22.1 Å². The zero-order chi connectivity index (χ0) is 13.4. The highest BCUT2D eigenvalue weighted by atomic mass is 16.3. The Morgan fingerprint density at radius 1 is 1.26 bits per heavy atom. The number of imidazole rings is 1. The van der Waals surface area contributed by atoms with Gasteiger partial charge in [-0.3, -0.25) is 4.79 Å². The lowest BCUT2D eigenvalue weighted by Crippen LogP contribution is -2.07. The summed E-state index contributed by atoms with van der Waals surface area (Å²) in [5.41, 5.74) is 1.93. The van der Waals surface area contributed by atoms with Gasteiger partial charge in [-0.2, -0.15) is 0 Å². The van der Waals surface area contributed by atoms with Crippen molar-refractivity contribution in [2.24, 2.45) is 7.05 Å². The van der Waals surface area contributed by atoms with Crippen LogP contribution >= 0.6 is 0 Å². The summed E-state index contributed by atoms with van der Waals surface area (Å²) in [6.07, 6.45) is 0.248. The third-order valence-corrected chi connectivity index (χ3v) is 3.21. The van der Waals surface area contributed by atoms with E-state index in [1.165, 1.54) is 0 Å². The highest BCUT2D eigenvalue weighted by Gasteiger charge is 2.15. The van der Waals surface area contributed by atoms with E-state index in [4.69, 9.17) is 4.42 Å². The maximum atomic E-state index is 12.1. The molecular weight excluding hydrogens is 240 g/mol. The Hall–Kier alpha value is -2.36. The normalized spacial score (nSPS) is 11.1. The van der Waals surface area contributed by atoms with Crippen molar-refractivity contribution in [2.45, 2.75) is 13.3 Å². The van der Waals surface area contributed by atoms with Gasteiger partial charge in [0.05, 0.1) is 17.5 Å². The Balaban J connectivity index is 1.93. The Morgan fingerprint density at radius 2 is 2.05 bits per heavy atom. The first-order chi connectivity index (χ1) is 9.15. The molecule has 1 aromatic carbocycles. The number of aromatic nitrogens is 2. The molecule has 0 spiro atoms. The maximum absolute atomic E-state index is 12.1. The minimum atomic E-state index is -0.0495. The third-order valence-electron chi connectivity index (χ3n) is 3.21. The largest absolute Gasteiger partial charge is 0.458 e. The molecule has 4 heteroatoms. The molecular formula is C15H14N2O2. The van der Waals surface area contributed by atoms with Crippen LogP contribution in [-0.2, 0) is 13.5 Å². The molecule has 96 valence electrons. The topological polar surface area (TPSA) is 48.0 Å². The number of hydrogen-bond acceptors (Lipinski definition) is 3. The lowest BCUT2D eigenvalue weighted by molar-refractivity contribution is 0.0962. The first-order valence-electron chi connectivity index (χ1n) is 6.15. The fourth-order valence-electron chi connectivity index (χ4n) is 2.17. The van der Waals surface area contributed by atoms with Crippen molar-refractivity contribution < 1.29 is 9.21 Å². The number of carbonyl (C=O) groups is 1. The minimum absolute atomic E-state index is 0.0495. The van der Waals surface area contributed by atoms with Gasteiger partial charge in [0.25, 0.3) is 0 Å². The Labute approximate surface area is 110 Å². The van der Waals surface area contributed by atoms with Crippen molar-refractivity contribution in [3.05, 3.63) is 53.7 Å². The maximum Gasteiger partial charge on any atom is 0.205 e. The van der Waals surface area contributed by atoms with Crippen LogP contribution in [0.3, 0.4) is 0 Å². The van der Waals surface area contributed by atoms with E-state index < -0.39 is 0 Å². The molecule has 2 aromatic heterocycles. The molecule has 0 unspecified atom stereocenters. The molecule has 0 radical (unpaired) electrons.